The molecule has 2 N–H and O–H groups in total. The molecule has 0 aliphatic heterocycles. The lowest BCUT2D eigenvalue weighted by Gasteiger charge is -1.95. The van der Waals surface area contributed by atoms with Gasteiger partial charge in [-0.05, 0) is 13.5 Å². The standard InChI is InChI=1S/C7H12N2.CH5N/c1-3-4-7-8-5-6-9(7)2;1-2/h5-6H,3-4H2,1-2H3;2H2,1H3. The van der Waals surface area contributed by atoms with Gasteiger partial charge in [-0.15, -0.1) is 0 Å². The first-order valence-corrected chi connectivity index (χ1v) is 3.88. The van der Waals surface area contributed by atoms with Gasteiger partial charge in [0.2, 0.25) is 0 Å². The zero-order valence-corrected chi connectivity index (χ0v) is 7.54. The van der Waals surface area contributed by atoms with Crippen LogP contribution in [0.4, 0.5) is 0 Å². The van der Waals surface area contributed by atoms with Crippen LogP contribution >= 0.6 is 0 Å². The lowest BCUT2D eigenvalue weighted by atomic mass is 10.3. The SMILES string of the molecule is CCCc1nccn1C.CN. The van der Waals surface area contributed by atoms with Crippen molar-refractivity contribution in [2.45, 2.75) is 19.8 Å². The van der Waals surface area contributed by atoms with E-state index in [-0.39, 0.29) is 0 Å². The molecule has 0 aliphatic carbocycles. The Labute approximate surface area is 68.2 Å². The third-order valence-electron chi connectivity index (χ3n) is 1.39. The summed E-state index contributed by atoms with van der Waals surface area (Å²) in [5, 5.41) is 0. The Morgan fingerprint density at radius 2 is 2.18 bits per heavy atom. The molecule has 0 aromatic carbocycles. The monoisotopic (exact) mass is 155 g/mol. The van der Waals surface area contributed by atoms with Crippen LogP contribution in [0.3, 0.4) is 0 Å². The minimum absolute atomic E-state index is 1.09. The summed E-state index contributed by atoms with van der Waals surface area (Å²) in [5.41, 5.74) is 4.50. The zero-order valence-electron chi connectivity index (χ0n) is 7.54. The number of imidazole rings is 1. The fraction of sp³-hybridized carbons (Fsp3) is 0.625. The number of aromatic nitrogens is 2. The van der Waals surface area contributed by atoms with Crippen molar-refractivity contribution in [3.05, 3.63) is 18.2 Å². The van der Waals surface area contributed by atoms with Gasteiger partial charge in [0, 0.05) is 25.9 Å². The Balaban J connectivity index is 0.000000461. The van der Waals surface area contributed by atoms with Crippen LogP contribution in [0.1, 0.15) is 19.2 Å². The molecule has 0 saturated heterocycles. The molecule has 0 fully saturated rings. The summed E-state index contributed by atoms with van der Waals surface area (Å²) in [7, 11) is 3.53. The van der Waals surface area contributed by atoms with Gasteiger partial charge >= 0.3 is 0 Å². The molecule has 0 unspecified atom stereocenters. The maximum absolute atomic E-state index is 4.50. The van der Waals surface area contributed by atoms with Crippen molar-refractivity contribution in [3.8, 4) is 0 Å². The predicted molar refractivity (Wildman–Crippen MR) is 47.3 cm³/mol. The van der Waals surface area contributed by atoms with Crippen LogP contribution in [0, 0.1) is 0 Å². The molecule has 11 heavy (non-hydrogen) atoms. The summed E-state index contributed by atoms with van der Waals surface area (Å²) in [6.45, 7) is 2.16. The van der Waals surface area contributed by atoms with Crippen molar-refractivity contribution in [2.75, 3.05) is 7.05 Å². The summed E-state index contributed by atoms with van der Waals surface area (Å²) in [6, 6.07) is 0. The second-order valence-corrected chi connectivity index (χ2v) is 2.20. The lowest BCUT2D eigenvalue weighted by molar-refractivity contribution is 0.759. The van der Waals surface area contributed by atoms with Crippen molar-refractivity contribution in [3.63, 3.8) is 0 Å². The zero-order chi connectivity index (χ0) is 8.69. The highest BCUT2D eigenvalue weighted by Crippen LogP contribution is 1.96. The maximum Gasteiger partial charge on any atom is 0.108 e. The molecule has 3 nitrogen and oxygen atoms in total. The number of rotatable bonds is 2. The smallest absolute Gasteiger partial charge is 0.108 e. The fourth-order valence-electron chi connectivity index (χ4n) is 0.861. The molecule has 1 rings (SSSR count). The molecule has 0 bridgehead atoms. The molecule has 64 valence electrons. The Kier molecular flexibility index (Phi) is 5.47. The number of nitrogens with two attached hydrogens (primary N) is 1. The van der Waals surface area contributed by atoms with Crippen molar-refractivity contribution in [1.82, 2.24) is 9.55 Å². The molecule has 1 aromatic rings. The van der Waals surface area contributed by atoms with Gasteiger partial charge in [0.1, 0.15) is 5.82 Å². The van der Waals surface area contributed by atoms with Gasteiger partial charge in [0.25, 0.3) is 0 Å². The summed E-state index contributed by atoms with van der Waals surface area (Å²) in [5.74, 6) is 1.18. The molecule has 3 heteroatoms. The van der Waals surface area contributed by atoms with Gasteiger partial charge in [-0.25, -0.2) is 4.98 Å². The molecular weight excluding hydrogens is 138 g/mol. The Morgan fingerprint density at radius 3 is 2.55 bits per heavy atom. The topological polar surface area (TPSA) is 43.8 Å². The molecule has 0 aliphatic rings. The number of aryl methyl sites for hydroxylation is 2. The average Bonchev–Trinajstić information content (AvgIpc) is 2.42. The molecule has 0 radical (unpaired) electrons. The summed E-state index contributed by atoms with van der Waals surface area (Å²) >= 11 is 0. The largest absolute Gasteiger partial charge is 0.338 e. The molecule has 0 amide bonds. The van der Waals surface area contributed by atoms with E-state index in [1.54, 1.807) is 0 Å². The van der Waals surface area contributed by atoms with E-state index in [1.807, 2.05) is 19.4 Å². The van der Waals surface area contributed by atoms with Crippen molar-refractivity contribution in [2.24, 2.45) is 12.8 Å². The van der Waals surface area contributed by atoms with Gasteiger partial charge in [-0.2, -0.15) is 0 Å². The van der Waals surface area contributed by atoms with E-state index in [0.717, 1.165) is 6.42 Å². The predicted octanol–water partition coefficient (Wildman–Crippen LogP) is 0.948. The summed E-state index contributed by atoms with van der Waals surface area (Å²) in [6.07, 6.45) is 6.07. The van der Waals surface area contributed by atoms with E-state index < -0.39 is 0 Å². The van der Waals surface area contributed by atoms with Gasteiger partial charge in [-0.1, -0.05) is 6.92 Å². The van der Waals surface area contributed by atoms with Crippen LogP contribution in [0.5, 0.6) is 0 Å². The van der Waals surface area contributed by atoms with Gasteiger partial charge in [0.15, 0.2) is 0 Å². The van der Waals surface area contributed by atoms with Crippen LogP contribution < -0.4 is 5.73 Å². The van der Waals surface area contributed by atoms with Crippen LogP contribution in [-0.2, 0) is 13.5 Å². The van der Waals surface area contributed by atoms with Gasteiger partial charge in [-0.3, -0.25) is 0 Å². The highest BCUT2D eigenvalue weighted by atomic mass is 15.0. The third kappa shape index (κ3) is 3.18. The maximum atomic E-state index is 4.50. The fourth-order valence-corrected chi connectivity index (χ4v) is 0.861. The Hall–Kier alpha value is -0.830. The third-order valence-corrected chi connectivity index (χ3v) is 1.39. The van der Waals surface area contributed by atoms with E-state index in [1.165, 1.54) is 19.3 Å². The number of hydrogen-bond donors (Lipinski definition) is 1. The van der Waals surface area contributed by atoms with Crippen molar-refractivity contribution < 1.29 is 0 Å². The van der Waals surface area contributed by atoms with E-state index in [9.17, 15) is 0 Å². The van der Waals surface area contributed by atoms with Gasteiger partial charge in [0.05, 0.1) is 0 Å². The summed E-state index contributed by atoms with van der Waals surface area (Å²) < 4.78 is 2.06. The summed E-state index contributed by atoms with van der Waals surface area (Å²) in [4.78, 5) is 4.17. The minimum Gasteiger partial charge on any atom is -0.338 e. The Bertz CT molecular complexity index is 181. The Morgan fingerprint density at radius 1 is 1.55 bits per heavy atom. The van der Waals surface area contributed by atoms with Crippen LogP contribution in [0.2, 0.25) is 0 Å². The van der Waals surface area contributed by atoms with E-state index >= 15 is 0 Å². The molecular formula is C8H17N3. The second-order valence-electron chi connectivity index (χ2n) is 2.20. The van der Waals surface area contributed by atoms with Crippen LogP contribution in [-0.4, -0.2) is 16.6 Å². The highest BCUT2D eigenvalue weighted by molar-refractivity contribution is 4.90. The molecule has 1 aromatic heterocycles. The normalized spacial score (nSPS) is 8.73. The van der Waals surface area contributed by atoms with E-state index in [0.29, 0.717) is 0 Å². The van der Waals surface area contributed by atoms with E-state index in [2.05, 4.69) is 22.2 Å². The molecule has 0 spiro atoms. The van der Waals surface area contributed by atoms with Gasteiger partial charge < -0.3 is 10.3 Å². The van der Waals surface area contributed by atoms with Crippen molar-refractivity contribution in [1.29, 1.82) is 0 Å². The molecule has 0 atom stereocenters. The average molecular weight is 155 g/mol. The minimum atomic E-state index is 1.09. The second kappa shape index (κ2) is 5.92. The van der Waals surface area contributed by atoms with Crippen molar-refractivity contribution >= 4 is 0 Å². The van der Waals surface area contributed by atoms with Crippen LogP contribution in [0.25, 0.3) is 0 Å². The molecule has 0 saturated carbocycles. The first kappa shape index (κ1) is 10.2. The van der Waals surface area contributed by atoms with E-state index in [4.69, 9.17) is 0 Å². The number of nitrogens with zero attached hydrogens (tertiary/aromatic N) is 2. The van der Waals surface area contributed by atoms with Crippen LogP contribution in [0.15, 0.2) is 12.4 Å². The highest BCUT2D eigenvalue weighted by Gasteiger charge is 1.93. The first-order chi connectivity index (χ1) is 5.34. The number of hydrogen-bond acceptors (Lipinski definition) is 2. The lowest BCUT2D eigenvalue weighted by Crippen LogP contribution is -1.95. The quantitative estimate of drug-likeness (QED) is 0.691. The first-order valence-electron chi connectivity index (χ1n) is 3.88. The molecule has 1 heterocycles.